The van der Waals surface area contributed by atoms with Gasteiger partial charge in [-0.1, -0.05) is 29.3 Å². The highest BCUT2D eigenvalue weighted by molar-refractivity contribution is 7.89. The van der Waals surface area contributed by atoms with E-state index in [4.69, 9.17) is 27.9 Å². The van der Waals surface area contributed by atoms with Crippen LogP contribution in [0.4, 0.5) is 0 Å². The van der Waals surface area contributed by atoms with Crippen LogP contribution in [0.5, 0.6) is 0 Å². The lowest BCUT2D eigenvalue weighted by atomic mass is 10.3. The summed E-state index contributed by atoms with van der Waals surface area (Å²) in [5.74, 6) is 0. The standard InChI is InChI=1S/C12H15Cl2NO3S/c1-8-6-15(7-9(2)18-8)19(16,17)11-5-3-4-10(13)12(11)14/h3-5,8-9H,6-7H2,1-2H3/t8-,9+. The van der Waals surface area contributed by atoms with Crippen LogP contribution >= 0.6 is 23.2 Å². The van der Waals surface area contributed by atoms with Crippen molar-refractivity contribution in [2.75, 3.05) is 13.1 Å². The van der Waals surface area contributed by atoms with E-state index in [-0.39, 0.29) is 27.1 Å². The molecule has 2 rings (SSSR count). The van der Waals surface area contributed by atoms with Crippen LogP contribution in [0.25, 0.3) is 0 Å². The molecular weight excluding hydrogens is 309 g/mol. The molecule has 2 atom stereocenters. The second kappa shape index (κ2) is 5.58. The molecule has 7 heteroatoms. The largest absolute Gasteiger partial charge is 0.373 e. The van der Waals surface area contributed by atoms with Crippen molar-refractivity contribution in [3.8, 4) is 0 Å². The van der Waals surface area contributed by atoms with Crippen LogP contribution in [0.1, 0.15) is 13.8 Å². The van der Waals surface area contributed by atoms with E-state index in [9.17, 15) is 8.42 Å². The highest BCUT2D eigenvalue weighted by Gasteiger charge is 2.33. The van der Waals surface area contributed by atoms with Crippen molar-refractivity contribution in [2.24, 2.45) is 0 Å². The number of ether oxygens (including phenoxy) is 1. The molecule has 0 bridgehead atoms. The SMILES string of the molecule is C[C@@H]1CN(S(=O)(=O)c2cccc(Cl)c2Cl)C[C@H](C)O1. The Bertz CT molecular complexity index is 566. The molecule has 1 fully saturated rings. The highest BCUT2D eigenvalue weighted by atomic mass is 35.5. The van der Waals surface area contributed by atoms with E-state index in [0.717, 1.165) is 0 Å². The minimum atomic E-state index is -3.64. The number of nitrogens with zero attached hydrogens (tertiary/aromatic N) is 1. The number of sulfonamides is 1. The second-order valence-corrected chi connectivity index (χ2v) is 7.32. The number of rotatable bonds is 2. The van der Waals surface area contributed by atoms with Gasteiger partial charge in [0.2, 0.25) is 10.0 Å². The summed E-state index contributed by atoms with van der Waals surface area (Å²) in [6.07, 6.45) is -0.284. The molecule has 0 N–H and O–H groups in total. The summed E-state index contributed by atoms with van der Waals surface area (Å²) >= 11 is 11.9. The predicted molar refractivity (Wildman–Crippen MR) is 75.2 cm³/mol. The van der Waals surface area contributed by atoms with E-state index in [0.29, 0.717) is 13.1 Å². The van der Waals surface area contributed by atoms with Crippen LogP contribution in [0, 0.1) is 0 Å². The Hall–Kier alpha value is -0.330. The van der Waals surface area contributed by atoms with E-state index in [1.165, 1.54) is 10.4 Å². The van der Waals surface area contributed by atoms with Gasteiger partial charge in [-0.05, 0) is 26.0 Å². The Morgan fingerprint density at radius 3 is 2.37 bits per heavy atom. The number of benzene rings is 1. The van der Waals surface area contributed by atoms with Crippen LogP contribution < -0.4 is 0 Å². The fraction of sp³-hybridized carbons (Fsp3) is 0.500. The molecule has 0 spiro atoms. The quantitative estimate of drug-likeness (QED) is 0.840. The highest BCUT2D eigenvalue weighted by Crippen LogP contribution is 2.31. The molecule has 1 saturated heterocycles. The van der Waals surface area contributed by atoms with Gasteiger partial charge in [-0.25, -0.2) is 8.42 Å². The zero-order valence-corrected chi connectivity index (χ0v) is 13.0. The van der Waals surface area contributed by atoms with Gasteiger partial charge in [0, 0.05) is 13.1 Å². The summed E-state index contributed by atoms with van der Waals surface area (Å²) in [5, 5.41) is 0.299. The van der Waals surface area contributed by atoms with Crippen molar-refractivity contribution in [1.29, 1.82) is 0 Å². The Morgan fingerprint density at radius 2 is 1.79 bits per heavy atom. The first-order chi connectivity index (χ1) is 8.82. The third kappa shape index (κ3) is 3.06. The lowest BCUT2D eigenvalue weighted by Crippen LogP contribution is -2.48. The van der Waals surface area contributed by atoms with Gasteiger partial charge in [-0.3, -0.25) is 0 Å². The summed E-state index contributed by atoms with van der Waals surface area (Å²) in [6.45, 7) is 4.32. The summed E-state index contributed by atoms with van der Waals surface area (Å²) < 4.78 is 32.1. The molecule has 0 aromatic heterocycles. The Balaban J connectivity index is 2.39. The van der Waals surface area contributed by atoms with Crippen molar-refractivity contribution >= 4 is 33.2 Å². The maximum absolute atomic E-state index is 12.6. The lowest BCUT2D eigenvalue weighted by molar-refractivity contribution is -0.0440. The van der Waals surface area contributed by atoms with E-state index < -0.39 is 10.0 Å². The predicted octanol–water partition coefficient (Wildman–Crippen LogP) is 2.79. The molecule has 106 valence electrons. The molecule has 19 heavy (non-hydrogen) atoms. The average Bonchev–Trinajstić information content (AvgIpc) is 2.31. The van der Waals surface area contributed by atoms with Gasteiger partial charge in [-0.15, -0.1) is 0 Å². The maximum Gasteiger partial charge on any atom is 0.244 e. The molecule has 1 heterocycles. The van der Waals surface area contributed by atoms with Crippen LogP contribution in [0.15, 0.2) is 23.1 Å². The maximum atomic E-state index is 12.6. The van der Waals surface area contributed by atoms with E-state index in [1.807, 2.05) is 13.8 Å². The smallest absolute Gasteiger partial charge is 0.244 e. The van der Waals surface area contributed by atoms with Crippen LogP contribution in [-0.4, -0.2) is 38.0 Å². The Morgan fingerprint density at radius 1 is 1.21 bits per heavy atom. The average molecular weight is 324 g/mol. The molecule has 0 saturated carbocycles. The number of hydrogen-bond acceptors (Lipinski definition) is 3. The molecule has 1 aromatic rings. The molecular formula is C12H15Cl2NO3S. The minimum Gasteiger partial charge on any atom is -0.373 e. The van der Waals surface area contributed by atoms with Gasteiger partial charge in [0.1, 0.15) is 4.90 Å². The lowest BCUT2D eigenvalue weighted by Gasteiger charge is -2.34. The van der Waals surface area contributed by atoms with E-state index in [2.05, 4.69) is 0 Å². The Labute approximate surface area is 123 Å². The first kappa shape index (κ1) is 15.1. The number of hydrogen-bond donors (Lipinski definition) is 0. The normalized spacial score (nSPS) is 25.5. The van der Waals surface area contributed by atoms with Crippen LogP contribution in [0.2, 0.25) is 10.0 Å². The number of halogens is 2. The summed E-state index contributed by atoms with van der Waals surface area (Å²) in [6, 6.07) is 4.61. The van der Waals surface area contributed by atoms with Crippen LogP contribution in [-0.2, 0) is 14.8 Å². The van der Waals surface area contributed by atoms with E-state index >= 15 is 0 Å². The number of morpholine rings is 1. The summed E-state index contributed by atoms with van der Waals surface area (Å²) in [4.78, 5) is 0.0444. The second-order valence-electron chi connectivity index (χ2n) is 4.63. The third-order valence-electron chi connectivity index (χ3n) is 2.92. The molecule has 0 aliphatic carbocycles. The molecule has 1 aliphatic heterocycles. The van der Waals surface area contributed by atoms with Gasteiger partial charge in [0.15, 0.2) is 0 Å². The molecule has 1 aliphatic rings. The van der Waals surface area contributed by atoms with Gasteiger partial charge in [0.25, 0.3) is 0 Å². The molecule has 0 amide bonds. The van der Waals surface area contributed by atoms with Gasteiger partial charge in [-0.2, -0.15) is 4.31 Å². The molecule has 1 aromatic carbocycles. The van der Waals surface area contributed by atoms with Gasteiger partial charge < -0.3 is 4.74 Å². The zero-order chi connectivity index (χ0) is 14.2. The van der Waals surface area contributed by atoms with Crippen LogP contribution in [0.3, 0.4) is 0 Å². The summed E-state index contributed by atoms with van der Waals surface area (Å²) in [5.41, 5.74) is 0. The van der Waals surface area contributed by atoms with Crippen molar-refractivity contribution in [3.63, 3.8) is 0 Å². The minimum absolute atomic E-state index is 0.0444. The van der Waals surface area contributed by atoms with Crippen molar-refractivity contribution < 1.29 is 13.2 Å². The van der Waals surface area contributed by atoms with Crippen molar-refractivity contribution in [2.45, 2.75) is 31.0 Å². The molecule has 4 nitrogen and oxygen atoms in total. The third-order valence-corrected chi connectivity index (χ3v) is 5.73. The molecule has 0 unspecified atom stereocenters. The van der Waals surface area contributed by atoms with Crippen molar-refractivity contribution in [3.05, 3.63) is 28.2 Å². The van der Waals surface area contributed by atoms with Gasteiger partial charge >= 0.3 is 0 Å². The van der Waals surface area contributed by atoms with Gasteiger partial charge in [0.05, 0.1) is 22.3 Å². The first-order valence-corrected chi connectivity index (χ1v) is 8.11. The fourth-order valence-corrected chi connectivity index (χ4v) is 4.48. The topological polar surface area (TPSA) is 46.6 Å². The fourth-order valence-electron chi connectivity index (χ4n) is 2.15. The Kier molecular flexibility index (Phi) is 4.42. The van der Waals surface area contributed by atoms with Crippen molar-refractivity contribution in [1.82, 2.24) is 4.31 Å². The zero-order valence-electron chi connectivity index (χ0n) is 10.6. The first-order valence-electron chi connectivity index (χ1n) is 5.92. The summed E-state index contributed by atoms with van der Waals surface area (Å²) in [7, 11) is -3.64. The monoisotopic (exact) mass is 323 g/mol. The van der Waals surface area contributed by atoms with E-state index in [1.54, 1.807) is 12.1 Å². The molecule has 0 radical (unpaired) electrons.